The number of rotatable bonds is 9. The van der Waals surface area contributed by atoms with Crippen molar-refractivity contribution in [3.63, 3.8) is 0 Å². The minimum absolute atomic E-state index is 0.116. The van der Waals surface area contributed by atoms with Crippen LogP contribution in [0.4, 0.5) is 5.69 Å². The van der Waals surface area contributed by atoms with Crippen LogP contribution in [0.3, 0.4) is 0 Å². The number of sulfonamides is 1. The smallest absolute Gasteiger partial charge is 0.263 e. The van der Waals surface area contributed by atoms with Crippen molar-refractivity contribution in [1.29, 1.82) is 0 Å². The Bertz CT molecular complexity index is 1230. The lowest BCUT2D eigenvalue weighted by molar-refractivity contribution is -0.127. The lowest BCUT2D eigenvalue weighted by atomic mass is 10.2. The van der Waals surface area contributed by atoms with E-state index in [4.69, 9.17) is 14.2 Å². The van der Waals surface area contributed by atoms with Gasteiger partial charge in [-0.3, -0.25) is 9.10 Å². The molecule has 1 N–H and O–H groups in total. The van der Waals surface area contributed by atoms with E-state index in [0.717, 1.165) is 0 Å². The van der Waals surface area contributed by atoms with E-state index in [-0.39, 0.29) is 25.4 Å². The maximum Gasteiger partial charge on any atom is 0.263 e. The molecule has 3 aromatic rings. The number of hydrogen-bond acceptors (Lipinski definition) is 6. The van der Waals surface area contributed by atoms with Crippen LogP contribution in [0.25, 0.3) is 0 Å². The van der Waals surface area contributed by atoms with E-state index in [0.29, 0.717) is 28.5 Å². The minimum Gasteiger partial charge on any atom is -0.497 e. The van der Waals surface area contributed by atoms with Crippen LogP contribution in [0, 0.1) is 0 Å². The van der Waals surface area contributed by atoms with Crippen molar-refractivity contribution in [3.8, 4) is 17.2 Å². The molecule has 3 aromatic carbocycles. The van der Waals surface area contributed by atoms with Gasteiger partial charge < -0.3 is 19.5 Å². The van der Waals surface area contributed by atoms with Crippen molar-refractivity contribution in [2.75, 3.05) is 31.1 Å². The second-order valence-electron chi connectivity index (χ2n) is 7.67. The van der Waals surface area contributed by atoms with Gasteiger partial charge in [0.2, 0.25) is 10.0 Å². The minimum atomic E-state index is -3.75. The maximum absolute atomic E-state index is 13.3. The number of amides is 1. The van der Waals surface area contributed by atoms with Crippen LogP contribution in [-0.2, 0) is 20.6 Å². The number of carbonyl (C=O) groups excluding carboxylic acids is 1. The molecule has 1 aliphatic heterocycles. The summed E-state index contributed by atoms with van der Waals surface area (Å²) in [5, 5.41) is 2.76. The summed E-state index contributed by atoms with van der Waals surface area (Å²) in [5.74, 6) is 1.05. The molecule has 0 radical (unpaired) electrons. The van der Waals surface area contributed by atoms with Gasteiger partial charge in [-0.05, 0) is 29.8 Å². The molecule has 9 heteroatoms. The number of nitrogens with zero attached hydrogens (tertiary/aromatic N) is 1. The summed E-state index contributed by atoms with van der Waals surface area (Å²) in [4.78, 5) is 12.8. The SMILES string of the molecule is COc1cccc(OCCNC(=O)[C@H]2CN(S(=O)(=O)Cc3ccccc3)c3ccccc3O2)c1. The molecule has 178 valence electrons. The predicted molar refractivity (Wildman–Crippen MR) is 129 cm³/mol. The Kier molecular flexibility index (Phi) is 7.22. The van der Waals surface area contributed by atoms with Crippen LogP contribution in [0.5, 0.6) is 17.2 Å². The van der Waals surface area contributed by atoms with Crippen molar-refractivity contribution in [1.82, 2.24) is 5.32 Å². The van der Waals surface area contributed by atoms with Gasteiger partial charge >= 0.3 is 0 Å². The summed E-state index contributed by atoms with van der Waals surface area (Å²) in [6.45, 7) is 0.349. The number of carbonyl (C=O) groups is 1. The molecule has 1 heterocycles. The van der Waals surface area contributed by atoms with Gasteiger partial charge in [-0.25, -0.2) is 8.42 Å². The summed E-state index contributed by atoms with van der Waals surface area (Å²) in [7, 11) is -2.17. The highest BCUT2D eigenvalue weighted by atomic mass is 32.2. The third-order valence-electron chi connectivity index (χ3n) is 5.27. The van der Waals surface area contributed by atoms with Crippen molar-refractivity contribution in [3.05, 3.63) is 84.4 Å². The van der Waals surface area contributed by atoms with Gasteiger partial charge in [-0.2, -0.15) is 0 Å². The number of fused-ring (bicyclic) bond motifs is 1. The normalized spacial score (nSPS) is 15.1. The summed E-state index contributed by atoms with van der Waals surface area (Å²) in [6, 6.07) is 22.9. The molecule has 0 aliphatic carbocycles. The lowest BCUT2D eigenvalue weighted by Crippen LogP contribution is -2.51. The van der Waals surface area contributed by atoms with Gasteiger partial charge in [0.05, 0.1) is 31.6 Å². The Morgan fingerprint density at radius 1 is 1.03 bits per heavy atom. The van der Waals surface area contributed by atoms with E-state index in [1.54, 1.807) is 67.8 Å². The summed E-state index contributed by atoms with van der Waals surface area (Å²) >= 11 is 0. The van der Waals surface area contributed by atoms with Crippen molar-refractivity contribution in [2.24, 2.45) is 0 Å². The van der Waals surface area contributed by atoms with E-state index in [2.05, 4.69) is 5.32 Å². The first-order valence-corrected chi connectivity index (χ1v) is 12.4. The third-order valence-corrected chi connectivity index (χ3v) is 6.98. The number of ether oxygens (including phenoxy) is 3. The monoisotopic (exact) mass is 482 g/mol. The quantitative estimate of drug-likeness (QED) is 0.472. The first-order chi connectivity index (χ1) is 16.5. The standard InChI is InChI=1S/C25H26N2O6S/c1-31-20-10-7-11-21(16-20)32-15-14-26-25(28)24-17-27(22-12-5-6-13-23(22)33-24)34(29,30)18-19-8-3-2-4-9-19/h2-13,16,24H,14-15,17-18H2,1H3,(H,26,28)/t24-/m1/s1. The highest BCUT2D eigenvalue weighted by Gasteiger charge is 2.36. The molecule has 0 unspecified atom stereocenters. The van der Waals surface area contributed by atoms with Gasteiger partial charge in [0, 0.05) is 6.07 Å². The van der Waals surface area contributed by atoms with Gasteiger partial charge in [-0.1, -0.05) is 48.5 Å². The Balaban J connectivity index is 1.41. The second-order valence-corrected chi connectivity index (χ2v) is 9.56. The average Bonchev–Trinajstić information content (AvgIpc) is 2.86. The van der Waals surface area contributed by atoms with Gasteiger partial charge in [-0.15, -0.1) is 0 Å². The van der Waals surface area contributed by atoms with Crippen LogP contribution in [0.2, 0.25) is 0 Å². The number of methoxy groups -OCH3 is 1. The molecule has 0 aromatic heterocycles. The van der Waals surface area contributed by atoms with Crippen LogP contribution < -0.4 is 23.8 Å². The zero-order chi connectivity index (χ0) is 24.0. The molecular formula is C25H26N2O6S. The van der Waals surface area contributed by atoms with E-state index < -0.39 is 22.0 Å². The predicted octanol–water partition coefficient (Wildman–Crippen LogP) is 2.99. The molecule has 0 bridgehead atoms. The van der Waals surface area contributed by atoms with Gasteiger partial charge in [0.15, 0.2) is 6.10 Å². The zero-order valence-electron chi connectivity index (χ0n) is 18.7. The molecular weight excluding hydrogens is 456 g/mol. The average molecular weight is 483 g/mol. The summed E-state index contributed by atoms with van der Waals surface area (Å²) < 4.78 is 44.4. The zero-order valence-corrected chi connectivity index (χ0v) is 19.5. The molecule has 0 saturated heterocycles. The first-order valence-electron chi connectivity index (χ1n) is 10.8. The first kappa shape index (κ1) is 23.4. The number of benzene rings is 3. The van der Waals surface area contributed by atoms with Crippen molar-refractivity contribution < 1.29 is 27.4 Å². The van der Waals surface area contributed by atoms with E-state index >= 15 is 0 Å². The fraction of sp³-hybridized carbons (Fsp3) is 0.240. The third kappa shape index (κ3) is 5.60. The van der Waals surface area contributed by atoms with Crippen LogP contribution in [0.1, 0.15) is 5.56 Å². The molecule has 1 atom stereocenters. The number of nitrogens with one attached hydrogen (secondary N) is 1. The Hall–Kier alpha value is -3.72. The largest absolute Gasteiger partial charge is 0.497 e. The highest BCUT2D eigenvalue weighted by molar-refractivity contribution is 7.92. The van der Waals surface area contributed by atoms with Gasteiger partial charge in [0.25, 0.3) is 5.91 Å². The molecule has 0 spiro atoms. The van der Waals surface area contributed by atoms with Crippen LogP contribution in [-0.4, -0.2) is 47.2 Å². The molecule has 0 saturated carbocycles. The number of anilines is 1. The Morgan fingerprint density at radius 3 is 2.56 bits per heavy atom. The molecule has 0 fully saturated rings. The van der Waals surface area contributed by atoms with E-state index in [9.17, 15) is 13.2 Å². The molecule has 34 heavy (non-hydrogen) atoms. The second kappa shape index (κ2) is 10.5. The topological polar surface area (TPSA) is 94.2 Å². The molecule has 8 nitrogen and oxygen atoms in total. The van der Waals surface area contributed by atoms with Crippen molar-refractivity contribution >= 4 is 21.6 Å². The summed E-state index contributed by atoms with van der Waals surface area (Å²) in [6.07, 6.45) is -0.989. The number of para-hydroxylation sites is 2. The molecule has 1 amide bonds. The van der Waals surface area contributed by atoms with E-state index in [1.807, 2.05) is 18.2 Å². The van der Waals surface area contributed by atoms with Crippen LogP contribution in [0.15, 0.2) is 78.9 Å². The lowest BCUT2D eigenvalue weighted by Gasteiger charge is -2.34. The molecule has 1 aliphatic rings. The van der Waals surface area contributed by atoms with E-state index in [1.165, 1.54) is 4.31 Å². The Labute approximate surface area is 199 Å². The molecule has 4 rings (SSSR count). The van der Waals surface area contributed by atoms with Crippen molar-refractivity contribution in [2.45, 2.75) is 11.9 Å². The highest BCUT2D eigenvalue weighted by Crippen LogP contribution is 2.35. The summed E-state index contributed by atoms with van der Waals surface area (Å²) in [5.41, 5.74) is 1.09. The van der Waals surface area contributed by atoms with Crippen LogP contribution >= 0.6 is 0 Å². The Morgan fingerprint density at radius 2 is 1.76 bits per heavy atom. The maximum atomic E-state index is 13.3. The fourth-order valence-corrected chi connectivity index (χ4v) is 5.20. The number of hydrogen-bond donors (Lipinski definition) is 1. The van der Waals surface area contributed by atoms with Gasteiger partial charge in [0.1, 0.15) is 23.9 Å². The fourth-order valence-electron chi connectivity index (χ4n) is 3.61.